The summed E-state index contributed by atoms with van der Waals surface area (Å²) in [7, 11) is 1.94. The lowest BCUT2D eigenvalue weighted by molar-refractivity contribution is 0.807. The van der Waals surface area contributed by atoms with E-state index in [9.17, 15) is 0 Å². The van der Waals surface area contributed by atoms with Crippen LogP contribution in [0.15, 0.2) is 18.5 Å². The van der Waals surface area contributed by atoms with E-state index in [1.54, 1.807) is 0 Å². The second-order valence-electron chi connectivity index (χ2n) is 2.33. The first-order valence-electron chi connectivity index (χ1n) is 3.38. The van der Waals surface area contributed by atoms with Gasteiger partial charge < -0.3 is 5.32 Å². The third-order valence-corrected chi connectivity index (χ3v) is 1.51. The number of nitrogens with zero attached hydrogens (tertiary/aromatic N) is 1. The van der Waals surface area contributed by atoms with Crippen LogP contribution < -0.4 is 5.32 Å². The minimum atomic E-state index is 0. The first-order valence-corrected chi connectivity index (χ1v) is 3.38. The van der Waals surface area contributed by atoms with Gasteiger partial charge in [-0.3, -0.25) is 4.98 Å². The zero-order chi connectivity index (χ0) is 7.40. The van der Waals surface area contributed by atoms with Crippen LogP contribution in [0.4, 0.5) is 0 Å². The highest BCUT2D eigenvalue weighted by atomic mass is 35.5. The maximum atomic E-state index is 4.02. The van der Waals surface area contributed by atoms with E-state index in [2.05, 4.69) is 17.2 Å². The van der Waals surface area contributed by atoms with Gasteiger partial charge in [-0.05, 0) is 31.2 Å². The van der Waals surface area contributed by atoms with Gasteiger partial charge in [-0.15, -0.1) is 24.8 Å². The summed E-state index contributed by atoms with van der Waals surface area (Å²) < 4.78 is 0. The van der Waals surface area contributed by atoms with Gasteiger partial charge in [-0.2, -0.15) is 0 Å². The molecule has 0 aliphatic heterocycles. The van der Waals surface area contributed by atoms with E-state index in [-0.39, 0.29) is 24.8 Å². The summed E-state index contributed by atoms with van der Waals surface area (Å²) in [5.74, 6) is 0. The third kappa shape index (κ3) is 3.90. The fraction of sp³-hybridized carbons (Fsp3) is 0.375. The van der Waals surface area contributed by atoms with E-state index in [0.29, 0.717) is 0 Å². The van der Waals surface area contributed by atoms with Crippen LogP contribution >= 0.6 is 24.8 Å². The summed E-state index contributed by atoms with van der Waals surface area (Å²) in [5, 5.41) is 3.08. The number of pyridine rings is 1. The van der Waals surface area contributed by atoms with Gasteiger partial charge in [0.2, 0.25) is 0 Å². The fourth-order valence-electron chi connectivity index (χ4n) is 0.872. The summed E-state index contributed by atoms with van der Waals surface area (Å²) in [6.45, 7) is 2.99. The predicted octanol–water partition coefficient (Wildman–Crippen LogP) is 1.95. The normalized spacial score (nSPS) is 8.17. The molecule has 2 nitrogen and oxygen atoms in total. The second kappa shape index (κ2) is 7.35. The van der Waals surface area contributed by atoms with Crippen molar-refractivity contribution in [3.8, 4) is 0 Å². The molecule has 0 unspecified atom stereocenters. The van der Waals surface area contributed by atoms with E-state index in [1.165, 1.54) is 11.1 Å². The van der Waals surface area contributed by atoms with Crippen LogP contribution in [0.1, 0.15) is 11.1 Å². The topological polar surface area (TPSA) is 24.9 Å². The van der Waals surface area contributed by atoms with Gasteiger partial charge >= 0.3 is 0 Å². The average molecular weight is 209 g/mol. The van der Waals surface area contributed by atoms with Crippen LogP contribution in [-0.2, 0) is 6.54 Å². The van der Waals surface area contributed by atoms with E-state index in [1.807, 2.05) is 25.5 Å². The van der Waals surface area contributed by atoms with Crippen molar-refractivity contribution in [2.75, 3.05) is 7.05 Å². The van der Waals surface area contributed by atoms with Crippen LogP contribution in [0.2, 0.25) is 0 Å². The zero-order valence-corrected chi connectivity index (χ0v) is 8.84. The fourth-order valence-corrected chi connectivity index (χ4v) is 0.872. The van der Waals surface area contributed by atoms with E-state index >= 15 is 0 Å². The zero-order valence-electron chi connectivity index (χ0n) is 7.20. The summed E-state index contributed by atoms with van der Waals surface area (Å²) >= 11 is 0. The van der Waals surface area contributed by atoms with Gasteiger partial charge in [-0.1, -0.05) is 0 Å². The Morgan fingerprint density at radius 3 is 2.58 bits per heavy atom. The highest BCUT2D eigenvalue weighted by Gasteiger charge is 1.93. The number of hydrogen-bond acceptors (Lipinski definition) is 2. The predicted molar refractivity (Wildman–Crippen MR) is 56.2 cm³/mol. The molecule has 1 N–H and O–H groups in total. The molecule has 0 aliphatic carbocycles. The van der Waals surface area contributed by atoms with Crippen LogP contribution in [0, 0.1) is 6.92 Å². The van der Waals surface area contributed by atoms with Crippen molar-refractivity contribution < 1.29 is 0 Å². The number of halogens is 2. The molecule has 0 aromatic carbocycles. The molecule has 0 fully saturated rings. The molecule has 0 bridgehead atoms. The van der Waals surface area contributed by atoms with E-state index in [0.717, 1.165) is 6.54 Å². The molecule has 12 heavy (non-hydrogen) atoms. The molecule has 4 heteroatoms. The smallest absolute Gasteiger partial charge is 0.0315 e. The minimum Gasteiger partial charge on any atom is -0.316 e. The molecule has 0 saturated carbocycles. The van der Waals surface area contributed by atoms with Crippen molar-refractivity contribution in [1.29, 1.82) is 0 Å². The quantitative estimate of drug-likeness (QED) is 0.805. The molecule has 1 rings (SSSR count). The van der Waals surface area contributed by atoms with Crippen LogP contribution in [-0.4, -0.2) is 12.0 Å². The molecule has 1 heterocycles. The molecular formula is C8H14Cl2N2. The molecule has 70 valence electrons. The molecular weight excluding hydrogens is 195 g/mol. The molecule has 0 radical (unpaired) electrons. The average Bonchev–Trinajstić information content (AvgIpc) is 1.94. The monoisotopic (exact) mass is 208 g/mol. The standard InChI is InChI=1S/C8H12N2.2ClH/c1-7-3-4-10-6-8(7)5-9-2;;/h3-4,6,9H,5H2,1-2H3;2*1H. The Balaban J connectivity index is 0. The summed E-state index contributed by atoms with van der Waals surface area (Å²) in [5.41, 5.74) is 2.56. The Labute approximate surface area is 85.6 Å². The molecule has 0 atom stereocenters. The number of aryl methyl sites for hydroxylation is 1. The van der Waals surface area contributed by atoms with Crippen molar-refractivity contribution in [2.24, 2.45) is 0 Å². The van der Waals surface area contributed by atoms with Crippen molar-refractivity contribution in [1.82, 2.24) is 10.3 Å². The van der Waals surface area contributed by atoms with Crippen molar-refractivity contribution in [3.05, 3.63) is 29.6 Å². The van der Waals surface area contributed by atoms with Gasteiger partial charge in [0.25, 0.3) is 0 Å². The lowest BCUT2D eigenvalue weighted by Crippen LogP contribution is -2.06. The molecule has 0 saturated heterocycles. The van der Waals surface area contributed by atoms with Crippen molar-refractivity contribution in [3.63, 3.8) is 0 Å². The molecule has 0 aliphatic rings. The molecule has 1 aromatic heterocycles. The lowest BCUT2D eigenvalue weighted by atomic mass is 10.2. The van der Waals surface area contributed by atoms with Gasteiger partial charge in [0.1, 0.15) is 0 Å². The number of aromatic nitrogens is 1. The first-order chi connectivity index (χ1) is 4.84. The van der Waals surface area contributed by atoms with E-state index in [4.69, 9.17) is 0 Å². The Morgan fingerprint density at radius 1 is 1.42 bits per heavy atom. The minimum absolute atomic E-state index is 0. The SMILES string of the molecule is CNCc1cnccc1C.Cl.Cl. The van der Waals surface area contributed by atoms with Gasteiger partial charge in [-0.25, -0.2) is 0 Å². The van der Waals surface area contributed by atoms with Gasteiger partial charge in [0, 0.05) is 18.9 Å². The third-order valence-electron chi connectivity index (χ3n) is 1.51. The molecule has 1 aromatic rings. The number of hydrogen-bond donors (Lipinski definition) is 1. The lowest BCUT2D eigenvalue weighted by Gasteiger charge is -2.01. The first kappa shape index (κ1) is 14.2. The van der Waals surface area contributed by atoms with E-state index < -0.39 is 0 Å². The Kier molecular flexibility index (Phi) is 8.71. The summed E-state index contributed by atoms with van der Waals surface area (Å²) in [6.07, 6.45) is 3.71. The number of nitrogens with one attached hydrogen (secondary N) is 1. The van der Waals surface area contributed by atoms with Crippen LogP contribution in [0.25, 0.3) is 0 Å². The van der Waals surface area contributed by atoms with Crippen molar-refractivity contribution >= 4 is 24.8 Å². The highest BCUT2D eigenvalue weighted by molar-refractivity contribution is 5.85. The van der Waals surface area contributed by atoms with Crippen molar-refractivity contribution in [2.45, 2.75) is 13.5 Å². The maximum absolute atomic E-state index is 4.02. The van der Waals surface area contributed by atoms with Crippen LogP contribution in [0.5, 0.6) is 0 Å². The largest absolute Gasteiger partial charge is 0.316 e. The number of rotatable bonds is 2. The Bertz CT molecular complexity index is 216. The summed E-state index contributed by atoms with van der Waals surface area (Å²) in [4.78, 5) is 4.02. The summed E-state index contributed by atoms with van der Waals surface area (Å²) in [6, 6.07) is 2.02. The second-order valence-corrected chi connectivity index (χ2v) is 2.33. The van der Waals surface area contributed by atoms with Gasteiger partial charge in [0.15, 0.2) is 0 Å². The Morgan fingerprint density at radius 2 is 2.08 bits per heavy atom. The Hall–Kier alpha value is -0.310. The van der Waals surface area contributed by atoms with Crippen LogP contribution in [0.3, 0.4) is 0 Å². The van der Waals surface area contributed by atoms with Gasteiger partial charge in [0.05, 0.1) is 0 Å². The molecule has 0 spiro atoms. The highest BCUT2D eigenvalue weighted by Crippen LogP contribution is 2.02. The maximum Gasteiger partial charge on any atom is 0.0315 e. The molecule has 0 amide bonds.